The molecule has 9 heteroatoms. The first-order chi connectivity index (χ1) is 12.8. The predicted octanol–water partition coefficient (Wildman–Crippen LogP) is 0.946. The van der Waals surface area contributed by atoms with Crippen LogP contribution < -0.4 is 9.62 Å². The van der Waals surface area contributed by atoms with Crippen LogP contribution in [-0.4, -0.2) is 82.5 Å². The molecule has 2 atom stereocenters. The largest absolute Gasteiger partial charge is 0.375 e. The Morgan fingerprint density at radius 3 is 2.85 bits per heavy atom. The SMILES string of the molecule is CN1CCO[C@H]2CCN(C(=O)Nc3cccc4c3CCN4S(C)(=O)=O)C[C@@H]21. The van der Waals surface area contributed by atoms with E-state index in [2.05, 4.69) is 17.3 Å². The summed E-state index contributed by atoms with van der Waals surface area (Å²) in [5.74, 6) is 0. The number of ether oxygens (including phenoxy) is 1. The lowest BCUT2D eigenvalue weighted by atomic mass is 9.99. The number of rotatable bonds is 2. The number of piperidine rings is 1. The third-order valence-corrected chi connectivity index (χ3v) is 6.96. The standard InChI is InChI=1S/C18H26N4O4S/c1-20-10-11-26-17-7-8-21(12-16(17)20)18(23)19-14-4-3-5-15-13(14)6-9-22(15)27(2,24)25/h3-5,16-17H,6-12H2,1-2H3,(H,19,23)/t16-,17-/m0/s1. The second-order valence-corrected chi connectivity index (χ2v) is 9.42. The van der Waals surface area contributed by atoms with Crippen molar-refractivity contribution in [2.24, 2.45) is 0 Å². The van der Waals surface area contributed by atoms with Gasteiger partial charge in [0, 0.05) is 37.4 Å². The maximum absolute atomic E-state index is 12.9. The Hall–Kier alpha value is -1.84. The van der Waals surface area contributed by atoms with Crippen LogP contribution in [0.15, 0.2) is 18.2 Å². The van der Waals surface area contributed by atoms with Crippen molar-refractivity contribution in [1.82, 2.24) is 9.80 Å². The zero-order valence-electron chi connectivity index (χ0n) is 15.7. The quantitative estimate of drug-likeness (QED) is 0.808. The summed E-state index contributed by atoms with van der Waals surface area (Å²) >= 11 is 0. The molecule has 2 fully saturated rings. The van der Waals surface area contributed by atoms with Crippen LogP contribution >= 0.6 is 0 Å². The molecule has 0 saturated carbocycles. The van der Waals surface area contributed by atoms with Gasteiger partial charge in [0.15, 0.2) is 0 Å². The van der Waals surface area contributed by atoms with E-state index < -0.39 is 10.0 Å². The van der Waals surface area contributed by atoms with Crippen LogP contribution in [0.5, 0.6) is 0 Å². The van der Waals surface area contributed by atoms with E-state index in [1.807, 2.05) is 11.0 Å². The molecule has 0 unspecified atom stereocenters. The van der Waals surface area contributed by atoms with E-state index in [9.17, 15) is 13.2 Å². The molecule has 8 nitrogen and oxygen atoms in total. The fourth-order valence-corrected chi connectivity index (χ4v) is 5.24. The molecule has 148 valence electrons. The number of nitrogens with zero attached hydrogens (tertiary/aromatic N) is 3. The minimum absolute atomic E-state index is 0.140. The third kappa shape index (κ3) is 3.51. The monoisotopic (exact) mass is 394 g/mol. The zero-order valence-corrected chi connectivity index (χ0v) is 16.5. The molecule has 1 aromatic rings. The van der Waals surface area contributed by atoms with E-state index in [1.165, 1.54) is 10.6 Å². The average molecular weight is 394 g/mol. The highest BCUT2D eigenvalue weighted by atomic mass is 32.2. The van der Waals surface area contributed by atoms with E-state index in [4.69, 9.17) is 4.74 Å². The lowest BCUT2D eigenvalue weighted by Gasteiger charge is -2.45. The van der Waals surface area contributed by atoms with E-state index in [0.717, 1.165) is 25.1 Å². The minimum Gasteiger partial charge on any atom is -0.375 e. The molecule has 1 aromatic carbocycles. The van der Waals surface area contributed by atoms with Gasteiger partial charge in [-0.25, -0.2) is 13.2 Å². The van der Waals surface area contributed by atoms with Crippen molar-refractivity contribution >= 4 is 27.4 Å². The Morgan fingerprint density at radius 1 is 1.26 bits per heavy atom. The molecule has 0 aromatic heterocycles. The first-order valence-corrected chi connectivity index (χ1v) is 11.2. The van der Waals surface area contributed by atoms with Crippen LogP contribution in [0.3, 0.4) is 0 Å². The maximum atomic E-state index is 12.9. The highest BCUT2D eigenvalue weighted by Gasteiger charge is 2.37. The first-order valence-electron chi connectivity index (χ1n) is 9.32. The summed E-state index contributed by atoms with van der Waals surface area (Å²) in [6.45, 7) is 3.33. The second-order valence-electron chi connectivity index (χ2n) is 7.51. The summed E-state index contributed by atoms with van der Waals surface area (Å²) in [6.07, 6.45) is 2.83. The van der Waals surface area contributed by atoms with Gasteiger partial charge in [-0.05, 0) is 32.0 Å². The summed E-state index contributed by atoms with van der Waals surface area (Å²) in [5.41, 5.74) is 2.23. The second kappa shape index (κ2) is 6.96. The molecule has 27 heavy (non-hydrogen) atoms. The smallest absolute Gasteiger partial charge is 0.321 e. The number of sulfonamides is 1. The van der Waals surface area contributed by atoms with Crippen molar-refractivity contribution in [1.29, 1.82) is 0 Å². The van der Waals surface area contributed by atoms with Gasteiger partial charge in [-0.1, -0.05) is 6.07 Å². The van der Waals surface area contributed by atoms with Gasteiger partial charge in [-0.2, -0.15) is 0 Å². The molecule has 4 rings (SSSR count). The minimum atomic E-state index is -3.31. The normalized spacial score (nSPS) is 25.9. The summed E-state index contributed by atoms with van der Waals surface area (Å²) in [6, 6.07) is 5.50. The molecule has 2 saturated heterocycles. The molecule has 0 radical (unpaired) electrons. The van der Waals surface area contributed by atoms with E-state index in [-0.39, 0.29) is 18.2 Å². The molecule has 3 aliphatic heterocycles. The topological polar surface area (TPSA) is 82.2 Å². The van der Waals surface area contributed by atoms with Crippen molar-refractivity contribution in [3.8, 4) is 0 Å². The number of morpholine rings is 1. The van der Waals surface area contributed by atoms with Crippen LogP contribution in [-0.2, 0) is 21.2 Å². The highest BCUT2D eigenvalue weighted by Crippen LogP contribution is 2.35. The Morgan fingerprint density at radius 2 is 2.07 bits per heavy atom. The number of hydrogen-bond donors (Lipinski definition) is 1. The Kier molecular flexibility index (Phi) is 4.77. The molecule has 0 bridgehead atoms. The predicted molar refractivity (Wildman–Crippen MR) is 104 cm³/mol. The molecule has 3 heterocycles. The van der Waals surface area contributed by atoms with Crippen molar-refractivity contribution in [3.63, 3.8) is 0 Å². The number of amides is 2. The van der Waals surface area contributed by atoms with Gasteiger partial charge in [-0.15, -0.1) is 0 Å². The van der Waals surface area contributed by atoms with Gasteiger partial charge in [-0.3, -0.25) is 9.21 Å². The number of fused-ring (bicyclic) bond motifs is 2. The van der Waals surface area contributed by atoms with Crippen molar-refractivity contribution < 1.29 is 17.9 Å². The molecule has 2 amide bonds. The van der Waals surface area contributed by atoms with Crippen LogP contribution in [0, 0.1) is 0 Å². The summed E-state index contributed by atoms with van der Waals surface area (Å²) in [7, 11) is -1.24. The van der Waals surface area contributed by atoms with Gasteiger partial charge in [0.25, 0.3) is 0 Å². The van der Waals surface area contributed by atoms with Crippen LogP contribution in [0.2, 0.25) is 0 Å². The number of hydrogen-bond acceptors (Lipinski definition) is 5. The van der Waals surface area contributed by atoms with Crippen LogP contribution in [0.1, 0.15) is 12.0 Å². The fraction of sp³-hybridized carbons (Fsp3) is 0.611. The number of nitrogens with one attached hydrogen (secondary N) is 1. The lowest BCUT2D eigenvalue weighted by molar-refractivity contribution is -0.0875. The van der Waals surface area contributed by atoms with E-state index in [1.54, 1.807) is 12.1 Å². The zero-order chi connectivity index (χ0) is 19.2. The number of carbonyl (C=O) groups excluding carboxylic acids is 1. The molecule has 3 aliphatic rings. The Labute approximate surface area is 160 Å². The van der Waals surface area contributed by atoms with Gasteiger partial charge in [0.2, 0.25) is 10.0 Å². The molecule has 0 spiro atoms. The molecular weight excluding hydrogens is 368 g/mol. The van der Waals surface area contributed by atoms with Crippen LogP contribution in [0.4, 0.5) is 16.2 Å². The van der Waals surface area contributed by atoms with Crippen LogP contribution in [0.25, 0.3) is 0 Å². The Balaban J connectivity index is 1.49. The number of urea groups is 1. The number of carbonyl (C=O) groups is 1. The van der Waals surface area contributed by atoms with Gasteiger partial charge in [0.05, 0.1) is 30.7 Å². The molecule has 1 N–H and O–H groups in total. The van der Waals surface area contributed by atoms with Crippen molar-refractivity contribution in [2.75, 3.05) is 55.7 Å². The highest BCUT2D eigenvalue weighted by molar-refractivity contribution is 7.92. The van der Waals surface area contributed by atoms with E-state index in [0.29, 0.717) is 37.4 Å². The molecular formula is C18H26N4O4S. The summed E-state index contributed by atoms with van der Waals surface area (Å²) in [4.78, 5) is 16.9. The fourth-order valence-electron chi connectivity index (χ4n) is 4.29. The average Bonchev–Trinajstić information content (AvgIpc) is 3.07. The summed E-state index contributed by atoms with van der Waals surface area (Å²) in [5, 5.41) is 3.00. The maximum Gasteiger partial charge on any atom is 0.321 e. The first kappa shape index (κ1) is 18.5. The lowest BCUT2D eigenvalue weighted by Crippen LogP contribution is -2.60. The number of anilines is 2. The van der Waals surface area contributed by atoms with Gasteiger partial charge in [0.1, 0.15) is 0 Å². The van der Waals surface area contributed by atoms with E-state index >= 15 is 0 Å². The number of likely N-dealkylation sites (tertiary alicyclic amines) is 1. The van der Waals surface area contributed by atoms with Gasteiger partial charge < -0.3 is 15.0 Å². The Bertz CT molecular complexity index is 844. The number of likely N-dealkylation sites (N-methyl/N-ethyl adjacent to an activating group) is 1. The summed E-state index contributed by atoms with van der Waals surface area (Å²) < 4.78 is 31.2. The van der Waals surface area contributed by atoms with Crippen molar-refractivity contribution in [3.05, 3.63) is 23.8 Å². The van der Waals surface area contributed by atoms with Crippen molar-refractivity contribution in [2.45, 2.75) is 25.0 Å². The third-order valence-electron chi connectivity index (χ3n) is 5.78. The molecule has 0 aliphatic carbocycles. The number of benzene rings is 1. The van der Waals surface area contributed by atoms with Gasteiger partial charge >= 0.3 is 6.03 Å².